The molecule has 0 bridgehead atoms. The molecule has 0 spiro atoms. The average Bonchev–Trinajstić information content (AvgIpc) is 2.15. The molecule has 0 saturated carbocycles. The highest BCUT2D eigenvalue weighted by molar-refractivity contribution is 7.65. The Morgan fingerprint density at radius 2 is 1.64 bits per heavy atom. The standard InChI is InChI=1S/C9H11Cl3OSi/c1-7(14(10,11)12)8-3-5-9(13-2)6-4-8/h3-7H,1-2H3/t7-/m0/s1. The van der Waals surface area contributed by atoms with Gasteiger partial charge in [-0.1, -0.05) is 19.1 Å². The fraction of sp³-hybridized carbons (Fsp3) is 0.333. The number of hydrogen-bond donors (Lipinski definition) is 0. The number of ether oxygens (including phenoxy) is 1. The van der Waals surface area contributed by atoms with Gasteiger partial charge in [0.2, 0.25) is 0 Å². The average molecular weight is 270 g/mol. The fourth-order valence-electron chi connectivity index (χ4n) is 1.08. The smallest absolute Gasteiger partial charge is 0.348 e. The van der Waals surface area contributed by atoms with Crippen molar-refractivity contribution in [2.75, 3.05) is 7.11 Å². The molecular formula is C9H11Cl3OSi. The Labute approximate surface area is 99.0 Å². The van der Waals surface area contributed by atoms with E-state index >= 15 is 0 Å². The number of halogens is 3. The molecule has 1 rings (SSSR count). The van der Waals surface area contributed by atoms with Crippen LogP contribution in [0.4, 0.5) is 0 Å². The van der Waals surface area contributed by atoms with Crippen molar-refractivity contribution in [2.24, 2.45) is 0 Å². The van der Waals surface area contributed by atoms with Crippen molar-refractivity contribution in [3.8, 4) is 5.75 Å². The minimum absolute atomic E-state index is 0.00148. The Morgan fingerprint density at radius 3 is 2.00 bits per heavy atom. The topological polar surface area (TPSA) is 9.23 Å². The zero-order valence-corrected chi connectivity index (χ0v) is 11.2. The third kappa shape index (κ3) is 3.06. The van der Waals surface area contributed by atoms with E-state index in [9.17, 15) is 0 Å². The monoisotopic (exact) mass is 268 g/mol. The molecule has 5 heteroatoms. The zero-order chi connectivity index (χ0) is 10.8. The van der Waals surface area contributed by atoms with Crippen molar-refractivity contribution >= 4 is 39.2 Å². The van der Waals surface area contributed by atoms with Crippen LogP contribution < -0.4 is 4.74 Å². The Hall–Kier alpha value is 0.107. The summed E-state index contributed by atoms with van der Waals surface area (Å²) >= 11 is 17.8. The maximum atomic E-state index is 5.93. The first-order chi connectivity index (χ1) is 6.45. The summed E-state index contributed by atoms with van der Waals surface area (Å²) in [5.41, 5.74) is 1.04. The van der Waals surface area contributed by atoms with E-state index in [1.807, 2.05) is 31.2 Å². The molecule has 0 aromatic heterocycles. The van der Waals surface area contributed by atoms with Gasteiger partial charge in [0.05, 0.1) is 7.11 Å². The lowest BCUT2D eigenvalue weighted by molar-refractivity contribution is 0.414. The zero-order valence-electron chi connectivity index (χ0n) is 7.93. The maximum Gasteiger partial charge on any atom is 0.348 e. The Kier molecular flexibility index (Phi) is 4.13. The molecule has 0 saturated heterocycles. The van der Waals surface area contributed by atoms with Gasteiger partial charge in [-0.05, 0) is 17.7 Å². The third-order valence-electron chi connectivity index (χ3n) is 2.11. The van der Waals surface area contributed by atoms with Crippen LogP contribution in [0.5, 0.6) is 5.75 Å². The van der Waals surface area contributed by atoms with Crippen LogP contribution in [0.3, 0.4) is 0 Å². The molecule has 0 radical (unpaired) electrons. The van der Waals surface area contributed by atoms with E-state index in [0.717, 1.165) is 11.3 Å². The summed E-state index contributed by atoms with van der Waals surface area (Å²) in [5.74, 6) is 0.812. The lowest BCUT2D eigenvalue weighted by Crippen LogP contribution is -2.20. The van der Waals surface area contributed by atoms with Gasteiger partial charge in [-0.3, -0.25) is 0 Å². The Bertz CT molecular complexity index is 294. The first-order valence-corrected chi connectivity index (χ1v) is 9.27. The van der Waals surface area contributed by atoms with Crippen LogP contribution in [-0.2, 0) is 0 Å². The second kappa shape index (κ2) is 4.75. The van der Waals surface area contributed by atoms with E-state index in [-0.39, 0.29) is 5.54 Å². The van der Waals surface area contributed by atoms with Crippen LogP contribution in [0.25, 0.3) is 0 Å². The first kappa shape index (κ1) is 12.2. The molecule has 0 fully saturated rings. The number of methoxy groups -OCH3 is 1. The Morgan fingerprint density at radius 1 is 1.14 bits per heavy atom. The molecule has 1 aromatic rings. The van der Waals surface area contributed by atoms with Gasteiger partial charge in [0.25, 0.3) is 0 Å². The third-order valence-corrected chi connectivity index (χ3v) is 6.37. The highest BCUT2D eigenvalue weighted by Crippen LogP contribution is 2.36. The van der Waals surface area contributed by atoms with E-state index in [0.29, 0.717) is 0 Å². The molecule has 0 aliphatic carbocycles. The molecule has 0 unspecified atom stereocenters. The van der Waals surface area contributed by atoms with Crippen molar-refractivity contribution in [2.45, 2.75) is 12.5 Å². The van der Waals surface area contributed by atoms with Gasteiger partial charge in [0.1, 0.15) is 5.75 Å². The first-order valence-electron chi connectivity index (χ1n) is 4.16. The summed E-state index contributed by atoms with van der Waals surface area (Å²) in [6.07, 6.45) is 0. The van der Waals surface area contributed by atoms with Crippen LogP contribution >= 0.6 is 33.2 Å². The lowest BCUT2D eigenvalue weighted by Gasteiger charge is -2.17. The molecule has 14 heavy (non-hydrogen) atoms. The SMILES string of the molecule is COc1ccc([C@H](C)[Si](Cl)(Cl)Cl)cc1. The van der Waals surface area contributed by atoms with E-state index in [2.05, 4.69) is 0 Å². The normalized spacial score (nSPS) is 13.8. The number of benzene rings is 1. The molecule has 1 nitrogen and oxygen atoms in total. The van der Waals surface area contributed by atoms with Gasteiger partial charge in [-0.15, -0.1) is 33.2 Å². The summed E-state index contributed by atoms with van der Waals surface area (Å²) in [6.45, 7) is 1.93. The van der Waals surface area contributed by atoms with Crippen LogP contribution in [0.1, 0.15) is 18.0 Å². The number of rotatable bonds is 3. The minimum Gasteiger partial charge on any atom is -0.497 e. The van der Waals surface area contributed by atoms with E-state index in [1.165, 1.54) is 0 Å². The molecular weight excluding hydrogens is 259 g/mol. The largest absolute Gasteiger partial charge is 0.497 e. The molecule has 0 aliphatic heterocycles. The van der Waals surface area contributed by atoms with Gasteiger partial charge in [-0.2, -0.15) is 0 Å². The molecule has 78 valence electrons. The van der Waals surface area contributed by atoms with Crippen molar-refractivity contribution in [1.29, 1.82) is 0 Å². The maximum absolute atomic E-state index is 5.93. The van der Waals surface area contributed by atoms with Crippen molar-refractivity contribution in [1.82, 2.24) is 0 Å². The van der Waals surface area contributed by atoms with E-state index in [4.69, 9.17) is 38.0 Å². The summed E-state index contributed by atoms with van der Waals surface area (Å²) in [7, 11) is 1.63. The fourth-order valence-corrected chi connectivity index (χ4v) is 2.79. The predicted octanol–water partition coefficient (Wildman–Crippen LogP) is 3.99. The lowest BCUT2D eigenvalue weighted by atomic mass is 10.1. The quantitative estimate of drug-likeness (QED) is 0.595. The summed E-state index contributed by atoms with van der Waals surface area (Å²) < 4.78 is 5.05. The highest BCUT2D eigenvalue weighted by Gasteiger charge is 2.34. The van der Waals surface area contributed by atoms with Crippen LogP contribution in [0.2, 0.25) is 0 Å². The molecule has 0 amide bonds. The van der Waals surface area contributed by atoms with Crippen LogP contribution in [-0.4, -0.2) is 13.1 Å². The van der Waals surface area contributed by atoms with Crippen molar-refractivity contribution < 1.29 is 4.74 Å². The Balaban J connectivity index is 2.87. The van der Waals surface area contributed by atoms with Crippen LogP contribution in [0, 0.1) is 0 Å². The highest BCUT2D eigenvalue weighted by atomic mass is 35.8. The molecule has 0 N–H and O–H groups in total. The minimum atomic E-state index is -2.65. The van der Waals surface area contributed by atoms with Gasteiger partial charge < -0.3 is 4.74 Å². The second-order valence-electron chi connectivity index (χ2n) is 3.04. The van der Waals surface area contributed by atoms with Gasteiger partial charge >= 0.3 is 6.00 Å². The summed E-state index contributed by atoms with van der Waals surface area (Å²) in [4.78, 5) is 0. The molecule has 0 aliphatic rings. The molecule has 1 atom stereocenters. The van der Waals surface area contributed by atoms with Crippen molar-refractivity contribution in [3.05, 3.63) is 29.8 Å². The van der Waals surface area contributed by atoms with Crippen molar-refractivity contribution in [3.63, 3.8) is 0 Å². The van der Waals surface area contributed by atoms with E-state index in [1.54, 1.807) is 7.11 Å². The molecule has 0 heterocycles. The second-order valence-corrected chi connectivity index (χ2v) is 12.1. The summed E-state index contributed by atoms with van der Waals surface area (Å²) in [6, 6.07) is 4.95. The summed E-state index contributed by atoms with van der Waals surface area (Å²) in [5, 5.41) is 0. The van der Waals surface area contributed by atoms with Gasteiger partial charge in [0, 0.05) is 5.54 Å². The van der Waals surface area contributed by atoms with Crippen LogP contribution in [0.15, 0.2) is 24.3 Å². The van der Waals surface area contributed by atoms with E-state index < -0.39 is 6.00 Å². The number of hydrogen-bond acceptors (Lipinski definition) is 1. The molecule has 1 aromatic carbocycles. The van der Waals surface area contributed by atoms with Gasteiger partial charge in [-0.25, -0.2) is 0 Å². The van der Waals surface area contributed by atoms with Gasteiger partial charge in [0.15, 0.2) is 0 Å². The predicted molar refractivity (Wildman–Crippen MR) is 64.7 cm³/mol.